The molecule has 1 rings (SSSR count). The van der Waals surface area contributed by atoms with Crippen molar-refractivity contribution in [1.29, 1.82) is 0 Å². The van der Waals surface area contributed by atoms with Gasteiger partial charge in [-0.25, -0.2) is 4.79 Å². The van der Waals surface area contributed by atoms with Crippen molar-refractivity contribution < 1.29 is 9.21 Å². The highest BCUT2D eigenvalue weighted by Gasteiger charge is 2.00. The minimum absolute atomic E-state index is 0.201. The third-order valence-electron chi connectivity index (χ3n) is 1.11. The van der Waals surface area contributed by atoms with Crippen LogP contribution in [0.2, 0.25) is 0 Å². The Morgan fingerprint density at radius 1 is 1.75 bits per heavy atom. The first-order valence-corrected chi connectivity index (χ1v) is 3.35. The summed E-state index contributed by atoms with van der Waals surface area (Å²) in [5.74, 6) is 2.67. The van der Waals surface area contributed by atoms with Crippen LogP contribution in [0.3, 0.4) is 0 Å². The number of furan rings is 1. The first-order valence-electron chi connectivity index (χ1n) is 3.35. The second-order valence-electron chi connectivity index (χ2n) is 1.99. The van der Waals surface area contributed by atoms with E-state index >= 15 is 0 Å². The molecule has 4 nitrogen and oxygen atoms in total. The van der Waals surface area contributed by atoms with Crippen molar-refractivity contribution in [2.45, 2.75) is 0 Å². The van der Waals surface area contributed by atoms with E-state index in [1.165, 1.54) is 6.26 Å². The Bertz CT molecular complexity index is 285. The Hall–Kier alpha value is -1.89. The monoisotopic (exact) mass is 164 g/mol. The molecule has 0 unspecified atom stereocenters. The van der Waals surface area contributed by atoms with Crippen LogP contribution in [0.1, 0.15) is 0 Å². The topological polar surface area (TPSA) is 54.3 Å². The molecular weight excluding hydrogens is 156 g/mol. The molecule has 0 radical (unpaired) electrons. The molecule has 0 aromatic carbocycles. The molecule has 1 heterocycles. The normalized spacial score (nSPS) is 8.58. The molecule has 62 valence electrons. The average molecular weight is 164 g/mol. The molecular formula is C8H8N2O2. The van der Waals surface area contributed by atoms with Gasteiger partial charge in [-0.15, -0.1) is 6.42 Å². The second-order valence-corrected chi connectivity index (χ2v) is 1.99. The second kappa shape index (κ2) is 4.09. The van der Waals surface area contributed by atoms with Crippen LogP contribution in [0.25, 0.3) is 0 Å². The van der Waals surface area contributed by atoms with E-state index in [1.54, 1.807) is 12.1 Å². The van der Waals surface area contributed by atoms with Crippen molar-refractivity contribution in [2.24, 2.45) is 0 Å². The first kappa shape index (κ1) is 8.21. The number of carbonyl (C=O) groups excluding carboxylic acids is 1. The van der Waals surface area contributed by atoms with Gasteiger partial charge in [0, 0.05) is 6.07 Å². The summed E-state index contributed by atoms with van der Waals surface area (Å²) in [6, 6.07) is 2.94. The van der Waals surface area contributed by atoms with Crippen LogP contribution in [-0.2, 0) is 0 Å². The molecule has 0 bridgehead atoms. The predicted molar refractivity (Wildman–Crippen MR) is 44.6 cm³/mol. The van der Waals surface area contributed by atoms with Crippen LogP contribution >= 0.6 is 0 Å². The van der Waals surface area contributed by atoms with E-state index in [-0.39, 0.29) is 12.6 Å². The molecule has 0 spiro atoms. The van der Waals surface area contributed by atoms with Gasteiger partial charge in [0.1, 0.15) is 0 Å². The van der Waals surface area contributed by atoms with E-state index in [1.807, 2.05) is 0 Å². The van der Waals surface area contributed by atoms with Crippen molar-refractivity contribution in [1.82, 2.24) is 5.32 Å². The van der Waals surface area contributed by atoms with Crippen LogP contribution < -0.4 is 10.6 Å². The third kappa shape index (κ3) is 2.39. The number of nitrogens with one attached hydrogen (secondary N) is 2. The lowest BCUT2D eigenvalue weighted by Gasteiger charge is -2.00. The highest BCUT2D eigenvalue weighted by molar-refractivity contribution is 5.87. The fourth-order valence-electron chi connectivity index (χ4n) is 0.637. The number of amides is 2. The van der Waals surface area contributed by atoms with Crippen molar-refractivity contribution in [3.63, 3.8) is 0 Å². The maximum absolute atomic E-state index is 10.9. The fourth-order valence-corrected chi connectivity index (χ4v) is 0.637. The lowest BCUT2D eigenvalue weighted by atomic mass is 10.6. The average Bonchev–Trinajstić information content (AvgIpc) is 2.53. The van der Waals surface area contributed by atoms with Gasteiger partial charge in [0.2, 0.25) is 5.88 Å². The van der Waals surface area contributed by atoms with Gasteiger partial charge in [0.15, 0.2) is 0 Å². The quantitative estimate of drug-likeness (QED) is 0.641. The fraction of sp³-hybridized carbons (Fsp3) is 0.125. The van der Waals surface area contributed by atoms with Gasteiger partial charge >= 0.3 is 6.03 Å². The molecule has 0 atom stereocenters. The Morgan fingerprint density at radius 2 is 2.58 bits per heavy atom. The lowest BCUT2D eigenvalue weighted by Crippen LogP contribution is -2.28. The summed E-state index contributed by atoms with van der Waals surface area (Å²) in [4.78, 5) is 10.9. The minimum Gasteiger partial charge on any atom is -0.449 e. The van der Waals surface area contributed by atoms with Crippen molar-refractivity contribution in [3.8, 4) is 12.3 Å². The largest absolute Gasteiger partial charge is 0.449 e. The maximum Gasteiger partial charge on any atom is 0.322 e. The van der Waals surface area contributed by atoms with Crippen LogP contribution in [0.15, 0.2) is 22.8 Å². The molecule has 0 saturated carbocycles. The van der Waals surface area contributed by atoms with E-state index < -0.39 is 0 Å². The Morgan fingerprint density at radius 3 is 3.17 bits per heavy atom. The third-order valence-corrected chi connectivity index (χ3v) is 1.11. The zero-order valence-corrected chi connectivity index (χ0v) is 6.33. The SMILES string of the molecule is C#CCNC(=O)Nc1ccco1. The van der Waals surface area contributed by atoms with Gasteiger partial charge in [-0.3, -0.25) is 5.32 Å². The molecule has 0 aliphatic rings. The number of hydrogen-bond donors (Lipinski definition) is 2. The van der Waals surface area contributed by atoms with Gasteiger partial charge < -0.3 is 9.73 Å². The summed E-state index contributed by atoms with van der Waals surface area (Å²) in [5.41, 5.74) is 0. The van der Waals surface area contributed by atoms with Crippen LogP contribution in [-0.4, -0.2) is 12.6 Å². The van der Waals surface area contributed by atoms with E-state index in [0.29, 0.717) is 5.88 Å². The predicted octanol–water partition coefficient (Wildman–Crippen LogP) is 1.03. The Kier molecular flexibility index (Phi) is 2.79. The van der Waals surface area contributed by atoms with Crippen LogP contribution in [0.5, 0.6) is 0 Å². The lowest BCUT2D eigenvalue weighted by molar-refractivity contribution is 0.252. The van der Waals surface area contributed by atoms with Crippen LogP contribution in [0.4, 0.5) is 10.7 Å². The number of terminal acetylenes is 1. The first-order chi connectivity index (χ1) is 5.83. The van der Waals surface area contributed by atoms with Crippen LogP contribution in [0, 0.1) is 12.3 Å². The molecule has 12 heavy (non-hydrogen) atoms. The molecule has 2 amide bonds. The molecule has 0 saturated heterocycles. The van der Waals surface area contributed by atoms with Crippen molar-refractivity contribution >= 4 is 11.9 Å². The molecule has 0 aliphatic heterocycles. The summed E-state index contributed by atoms with van der Waals surface area (Å²) < 4.78 is 4.86. The minimum atomic E-state index is -0.372. The molecule has 2 N–H and O–H groups in total. The smallest absolute Gasteiger partial charge is 0.322 e. The highest BCUT2D eigenvalue weighted by Crippen LogP contribution is 2.05. The molecule has 1 aromatic rings. The van der Waals surface area contributed by atoms with E-state index in [9.17, 15) is 4.79 Å². The van der Waals surface area contributed by atoms with Gasteiger partial charge in [-0.1, -0.05) is 5.92 Å². The summed E-state index contributed by atoms with van der Waals surface area (Å²) in [7, 11) is 0. The summed E-state index contributed by atoms with van der Waals surface area (Å²) in [6.07, 6.45) is 6.40. The maximum atomic E-state index is 10.9. The molecule has 4 heteroatoms. The number of rotatable bonds is 2. The van der Waals surface area contributed by atoms with Gasteiger partial charge in [0.25, 0.3) is 0 Å². The van der Waals surface area contributed by atoms with E-state index in [0.717, 1.165) is 0 Å². The van der Waals surface area contributed by atoms with Crippen molar-refractivity contribution in [2.75, 3.05) is 11.9 Å². The number of carbonyl (C=O) groups is 1. The molecule has 1 aromatic heterocycles. The summed E-state index contributed by atoms with van der Waals surface area (Å²) in [6.45, 7) is 0.201. The van der Waals surface area contributed by atoms with E-state index in [4.69, 9.17) is 10.8 Å². The zero-order valence-electron chi connectivity index (χ0n) is 6.33. The van der Waals surface area contributed by atoms with Crippen molar-refractivity contribution in [3.05, 3.63) is 18.4 Å². The Balaban J connectivity index is 2.33. The van der Waals surface area contributed by atoms with Gasteiger partial charge in [0.05, 0.1) is 12.8 Å². The highest BCUT2D eigenvalue weighted by atomic mass is 16.3. The Labute approximate surface area is 69.9 Å². The zero-order chi connectivity index (χ0) is 8.81. The molecule has 0 aliphatic carbocycles. The number of hydrogen-bond acceptors (Lipinski definition) is 2. The molecule has 0 fully saturated rings. The summed E-state index contributed by atoms with van der Waals surface area (Å²) >= 11 is 0. The van der Waals surface area contributed by atoms with Gasteiger partial charge in [-0.05, 0) is 6.07 Å². The van der Waals surface area contributed by atoms with E-state index in [2.05, 4.69) is 16.6 Å². The number of urea groups is 1. The number of anilines is 1. The van der Waals surface area contributed by atoms with Gasteiger partial charge in [-0.2, -0.15) is 0 Å². The standard InChI is InChI=1S/C8H8N2O2/c1-2-5-9-8(11)10-7-4-3-6-12-7/h1,3-4,6H,5H2,(H2,9,10,11). The summed E-state index contributed by atoms with van der Waals surface area (Å²) in [5, 5.41) is 4.87.